The second-order valence-electron chi connectivity index (χ2n) is 5.22. The third-order valence-corrected chi connectivity index (χ3v) is 3.51. The molecule has 112 valence electrons. The maximum atomic E-state index is 11.7. The van der Waals surface area contributed by atoms with E-state index in [-0.39, 0.29) is 12.6 Å². The zero-order valence-electron chi connectivity index (χ0n) is 12.4. The fourth-order valence-electron chi connectivity index (χ4n) is 2.09. The average Bonchev–Trinajstić information content (AvgIpc) is 2.47. The van der Waals surface area contributed by atoms with Crippen molar-refractivity contribution >= 4 is 6.03 Å². The number of hydrogen-bond donors (Lipinski definition) is 3. The molecule has 0 fully saturated rings. The van der Waals surface area contributed by atoms with Crippen LogP contribution in [0.1, 0.15) is 38.2 Å². The molecule has 1 aromatic carbocycles. The van der Waals surface area contributed by atoms with E-state index in [4.69, 9.17) is 5.11 Å². The highest BCUT2D eigenvalue weighted by Gasteiger charge is 2.11. The van der Waals surface area contributed by atoms with Crippen LogP contribution in [0.2, 0.25) is 0 Å². The van der Waals surface area contributed by atoms with Gasteiger partial charge in [-0.15, -0.1) is 0 Å². The molecule has 0 bridgehead atoms. The highest BCUT2D eigenvalue weighted by molar-refractivity contribution is 5.73. The van der Waals surface area contributed by atoms with Crippen molar-refractivity contribution in [1.82, 2.24) is 10.6 Å². The Hall–Kier alpha value is -1.55. The lowest BCUT2D eigenvalue weighted by Crippen LogP contribution is -2.39. The van der Waals surface area contributed by atoms with Gasteiger partial charge in [0.25, 0.3) is 0 Å². The Morgan fingerprint density at radius 3 is 2.45 bits per heavy atom. The number of hydrogen-bond acceptors (Lipinski definition) is 2. The number of carbonyl (C=O) groups excluding carboxylic acids is 1. The van der Waals surface area contributed by atoms with Gasteiger partial charge in [-0.2, -0.15) is 0 Å². The molecule has 0 aromatic heterocycles. The van der Waals surface area contributed by atoms with E-state index in [9.17, 15) is 4.79 Å². The fraction of sp³-hybridized carbons (Fsp3) is 0.562. The van der Waals surface area contributed by atoms with Crippen LogP contribution in [0.3, 0.4) is 0 Å². The third kappa shape index (κ3) is 6.06. The molecule has 2 unspecified atom stereocenters. The van der Waals surface area contributed by atoms with Gasteiger partial charge in [0.1, 0.15) is 0 Å². The molecule has 0 aliphatic heterocycles. The quantitative estimate of drug-likeness (QED) is 0.684. The SMILES string of the molecule is CCC(CNC(=O)NCC(C)CCO)c1ccccc1. The van der Waals surface area contributed by atoms with Crippen molar-refractivity contribution in [3.63, 3.8) is 0 Å². The first kappa shape index (κ1) is 16.5. The standard InChI is InChI=1S/C16H26N2O2/c1-3-14(15-7-5-4-6-8-15)12-18-16(20)17-11-13(2)9-10-19/h4-8,13-14,19H,3,9-12H2,1-2H3,(H2,17,18,20). The highest BCUT2D eigenvalue weighted by atomic mass is 16.3. The van der Waals surface area contributed by atoms with E-state index in [1.165, 1.54) is 5.56 Å². The van der Waals surface area contributed by atoms with E-state index in [0.717, 1.165) is 6.42 Å². The summed E-state index contributed by atoms with van der Waals surface area (Å²) in [4.78, 5) is 11.7. The summed E-state index contributed by atoms with van der Waals surface area (Å²) in [6.45, 7) is 5.53. The van der Waals surface area contributed by atoms with Crippen molar-refractivity contribution < 1.29 is 9.90 Å². The molecule has 4 heteroatoms. The molecule has 2 atom stereocenters. The molecule has 4 nitrogen and oxygen atoms in total. The molecule has 0 heterocycles. The summed E-state index contributed by atoms with van der Waals surface area (Å²) >= 11 is 0. The van der Waals surface area contributed by atoms with E-state index in [2.05, 4.69) is 29.7 Å². The predicted octanol–water partition coefficient (Wildman–Crippen LogP) is 2.50. The second kappa shape index (κ2) is 9.37. The first-order chi connectivity index (χ1) is 9.67. The summed E-state index contributed by atoms with van der Waals surface area (Å²) < 4.78 is 0. The van der Waals surface area contributed by atoms with Gasteiger partial charge in [0.2, 0.25) is 0 Å². The molecule has 0 radical (unpaired) electrons. The van der Waals surface area contributed by atoms with Gasteiger partial charge in [0.15, 0.2) is 0 Å². The first-order valence-electron chi connectivity index (χ1n) is 7.34. The van der Waals surface area contributed by atoms with Gasteiger partial charge in [0, 0.05) is 25.6 Å². The normalized spacial score (nSPS) is 13.6. The molecule has 0 saturated carbocycles. The van der Waals surface area contributed by atoms with Crippen LogP contribution in [0.5, 0.6) is 0 Å². The zero-order valence-corrected chi connectivity index (χ0v) is 12.4. The van der Waals surface area contributed by atoms with E-state index in [0.29, 0.717) is 31.3 Å². The van der Waals surface area contributed by atoms with Crippen molar-refractivity contribution in [3.05, 3.63) is 35.9 Å². The number of nitrogens with one attached hydrogen (secondary N) is 2. The van der Waals surface area contributed by atoms with Crippen LogP contribution in [0, 0.1) is 5.92 Å². The maximum absolute atomic E-state index is 11.7. The molecule has 0 aliphatic rings. The topological polar surface area (TPSA) is 61.4 Å². The van der Waals surface area contributed by atoms with Crippen LogP contribution < -0.4 is 10.6 Å². The molecule has 0 aliphatic carbocycles. The minimum absolute atomic E-state index is 0.135. The Bertz CT molecular complexity index is 381. The summed E-state index contributed by atoms with van der Waals surface area (Å²) in [5, 5.41) is 14.6. The number of aliphatic hydroxyl groups is 1. The van der Waals surface area contributed by atoms with Crippen LogP contribution in [-0.4, -0.2) is 30.8 Å². The Morgan fingerprint density at radius 1 is 1.20 bits per heavy atom. The van der Waals surface area contributed by atoms with Crippen LogP contribution in [0.4, 0.5) is 4.79 Å². The monoisotopic (exact) mass is 278 g/mol. The number of amides is 2. The van der Waals surface area contributed by atoms with E-state index in [1.807, 2.05) is 25.1 Å². The molecule has 1 rings (SSSR count). The lowest BCUT2D eigenvalue weighted by molar-refractivity contribution is 0.233. The summed E-state index contributed by atoms with van der Waals surface area (Å²) in [5.74, 6) is 0.638. The summed E-state index contributed by atoms with van der Waals surface area (Å²) in [6, 6.07) is 10.1. The van der Waals surface area contributed by atoms with Crippen molar-refractivity contribution in [2.24, 2.45) is 5.92 Å². The first-order valence-corrected chi connectivity index (χ1v) is 7.34. The van der Waals surface area contributed by atoms with Crippen LogP contribution in [0.25, 0.3) is 0 Å². The lowest BCUT2D eigenvalue weighted by atomic mass is 9.97. The van der Waals surface area contributed by atoms with Gasteiger partial charge in [-0.25, -0.2) is 4.79 Å². The fourth-order valence-corrected chi connectivity index (χ4v) is 2.09. The van der Waals surface area contributed by atoms with E-state index < -0.39 is 0 Å². The Labute approximate surface area is 121 Å². The minimum atomic E-state index is -0.135. The van der Waals surface area contributed by atoms with Crippen LogP contribution in [0.15, 0.2) is 30.3 Å². The molecule has 0 spiro atoms. The Balaban J connectivity index is 2.32. The lowest BCUT2D eigenvalue weighted by Gasteiger charge is -2.17. The summed E-state index contributed by atoms with van der Waals surface area (Å²) in [5.41, 5.74) is 1.25. The van der Waals surface area contributed by atoms with Gasteiger partial charge in [-0.1, -0.05) is 44.2 Å². The number of benzene rings is 1. The van der Waals surface area contributed by atoms with Crippen LogP contribution >= 0.6 is 0 Å². The largest absolute Gasteiger partial charge is 0.396 e. The van der Waals surface area contributed by atoms with Crippen molar-refractivity contribution in [2.45, 2.75) is 32.6 Å². The molecule has 20 heavy (non-hydrogen) atoms. The highest BCUT2D eigenvalue weighted by Crippen LogP contribution is 2.17. The number of carbonyl (C=O) groups is 1. The molecule has 0 saturated heterocycles. The molecule has 2 amide bonds. The summed E-state index contributed by atoms with van der Waals surface area (Å²) in [6.07, 6.45) is 1.70. The third-order valence-electron chi connectivity index (χ3n) is 3.51. The molecule has 3 N–H and O–H groups in total. The van der Waals surface area contributed by atoms with Crippen molar-refractivity contribution in [2.75, 3.05) is 19.7 Å². The Kier molecular flexibility index (Phi) is 7.73. The van der Waals surface area contributed by atoms with E-state index >= 15 is 0 Å². The molecular weight excluding hydrogens is 252 g/mol. The predicted molar refractivity (Wildman–Crippen MR) is 81.7 cm³/mol. The number of aliphatic hydroxyl groups excluding tert-OH is 1. The van der Waals surface area contributed by atoms with Gasteiger partial charge >= 0.3 is 6.03 Å². The van der Waals surface area contributed by atoms with Gasteiger partial charge < -0.3 is 15.7 Å². The van der Waals surface area contributed by atoms with Crippen LogP contribution in [-0.2, 0) is 0 Å². The average molecular weight is 278 g/mol. The van der Waals surface area contributed by atoms with E-state index in [1.54, 1.807) is 0 Å². The maximum Gasteiger partial charge on any atom is 0.314 e. The van der Waals surface area contributed by atoms with Gasteiger partial charge in [0.05, 0.1) is 0 Å². The van der Waals surface area contributed by atoms with Gasteiger partial charge in [-0.3, -0.25) is 0 Å². The summed E-state index contributed by atoms with van der Waals surface area (Å²) in [7, 11) is 0. The smallest absolute Gasteiger partial charge is 0.314 e. The zero-order chi connectivity index (χ0) is 14.8. The van der Waals surface area contributed by atoms with Crippen molar-refractivity contribution in [3.8, 4) is 0 Å². The molecular formula is C16H26N2O2. The Morgan fingerprint density at radius 2 is 1.85 bits per heavy atom. The number of urea groups is 1. The minimum Gasteiger partial charge on any atom is -0.396 e. The van der Waals surface area contributed by atoms with Gasteiger partial charge in [-0.05, 0) is 24.3 Å². The second-order valence-corrected chi connectivity index (χ2v) is 5.22. The molecule has 1 aromatic rings. The number of rotatable bonds is 8. The van der Waals surface area contributed by atoms with Crippen molar-refractivity contribution in [1.29, 1.82) is 0 Å².